The largest absolute Gasteiger partial charge is 0.336 e. The average molecular weight is 222 g/mol. The quantitative estimate of drug-likeness (QED) is 0.805. The van der Waals surface area contributed by atoms with Gasteiger partial charge in [-0.15, -0.1) is 0 Å². The smallest absolute Gasteiger partial charge is 0.0946 e. The molecule has 0 amide bonds. The average Bonchev–Trinajstić information content (AvgIpc) is 2.83. The summed E-state index contributed by atoms with van der Waals surface area (Å²) in [5.41, 5.74) is 0. The third kappa shape index (κ3) is 3.32. The molecule has 1 fully saturated rings. The van der Waals surface area contributed by atoms with Crippen LogP contribution in [-0.4, -0.2) is 46.7 Å². The Bertz CT molecular complexity index is 275. The SMILES string of the molecule is CCN1CCC(NCCn2ccnc2)CC1. The first-order chi connectivity index (χ1) is 7.88. The molecule has 1 aromatic rings. The first kappa shape index (κ1) is 11.6. The van der Waals surface area contributed by atoms with Crippen molar-refractivity contribution >= 4 is 0 Å². The van der Waals surface area contributed by atoms with Gasteiger partial charge in [0.05, 0.1) is 6.33 Å². The summed E-state index contributed by atoms with van der Waals surface area (Å²) in [4.78, 5) is 6.56. The predicted octanol–water partition coefficient (Wildman–Crippen LogP) is 0.957. The minimum absolute atomic E-state index is 0.714. The Morgan fingerprint density at radius 3 is 2.81 bits per heavy atom. The molecule has 4 nitrogen and oxygen atoms in total. The fraction of sp³-hybridized carbons (Fsp3) is 0.750. The third-order valence-corrected chi connectivity index (χ3v) is 3.40. The highest BCUT2D eigenvalue weighted by atomic mass is 15.1. The molecule has 4 heteroatoms. The van der Waals surface area contributed by atoms with Crippen molar-refractivity contribution in [2.75, 3.05) is 26.2 Å². The van der Waals surface area contributed by atoms with E-state index in [-0.39, 0.29) is 0 Å². The molecule has 0 spiro atoms. The lowest BCUT2D eigenvalue weighted by atomic mass is 10.1. The van der Waals surface area contributed by atoms with E-state index >= 15 is 0 Å². The molecule has 0 bridgehead atoms. The standard InChI is InChI=1S/C12H22N4/c1-2-15-7-3-12(4-8-15)14-6-10-16-9-5-13-11-16/h5,9,11-12,14H,2-4,6-8,10H2,1H3. The number of likely N-dealkylation sites (tertiary alicyclic amines) is 1. The highest BCUT2D eigenvalue weighted by Crippen LogP contribution is 2.09. The van der Waals surface area contributed by atoms with Gasteiger partial charge in [-0.25, -0.2) is 4.98 Å². The van der Waals surface area contributed by atoms with Crippen LogP contribution in [0.3, 0.4) is 0 Å². The van der Waals surface area contributed by atoms with Crippen molar-refractivity contribution in [3.05, 3.63) is 18.7 Å². The minimum Gasteiger partial charge on any atom is -0.336 e. The van der Waals surface area contributed by atoms with Gasteiger partial charge in [0, 0.05) is 31.5 Å². The fourth-order valence-corrected chi connectivity index (χ4v) is 2.27. The van der Waals surface area contributed by atoms with Crippen molar-refractivity contribution in [1.29, 1.82) is 0 Å². The zero-order valence-electron chi connectivity index (χ0n) is 10.1. The number of nitrogens with zero attached hydrogens (tertiary/aromatic N) is 3. The maximum absolute atomic E-state index is 4.04. The molecular weight excluding hydrogens is 200 g/mol. The summed E-state index contributed by atoms with van der Waals surface area (Å²) in [7, 11) is 0. The fourth-order valence-electron chi connectivity index (χ4n) is 2.27. The van der Waals surface area contributed by atoms with Crippen LogP contribution in [-0.2, 0) is 6.54 Å². The van der Waals surface area contributed by atoms with Crippen molar-refractivity contribution in [2.24, 2.45) is 0 Å². The van der Waals surface area contributed by atoms with Gasteiger partial charge in [0.25, 0.3) is 0 Å². The van der Waals surface area contributed by atoms with E-state index in [1.54, 1.807) is 0 Å². The summed E-state index contributed by atoms with van der Waals surface area (Å²) in [6.07, 6.45) is 8.30. The van der Waals surface area contributed by atoms with Crippen molar-refractivity contribution in [3.8, 4) is 0 Å². The van der Waals surface area contributed by atoms with Crippen molar-refractivity contribution < 1.29 is 0 Å². The van der Waals surface area contributed by atoms with Gasteiger partial charge in [0.15, 0.2) is 0 Å². The van der Waals surface area contributed by atoms with Crippen LogP contribution in [0.4, 0.5) is 0 Å². The van der Waals surface area contributed by atoms with Gasteiger partial charge >= 0.3 is 0 Å². The van der Waals surface area contributed by atoms with Gasteiger partial charge in [-0.05, 0) is 32.5 Å². The first-order valence-corrected chi connectivity index (χ1v) is 6.30. The van der Waals surface area contributed by atoms with E-state index in [0.29, 0.717) is 6.04 Å². The Balaban J connectivity index is 1.60. The summed E-state index contributed by atoms with van der Waals surface area (Å²) in [5, 5.41) is 3.63. The molecule has 90 valence electrons. The van der Waals surface area contributed by atoms with Crippen LogP contribution in [0.15, 0.2) is 18.7 Å². The summed E-state index contributed by atoms with van der Waals surface area (Å²) >= 11 is 0. The minimum atomic E-state index is 0.714. The molecular formula is C12H22N4. The summed E-state index contributed by atoms with van der Waals surface area (Å²) in [6, 6.07) is 0.714. The molecule has 0 aliphatic carbocycles. The zero-order chi connectivity index (χ0) is 11.2. The molecule has 0 atom stereocenters. The van der Waals surface area contributed by atoms with Gasteiger partial charge in [-0.1, -0.05) is 6.92 Å². The van der Waals surface area contributed by atoms with Crippen LogP contribution in [0, 0.1) is 0 Å². The molecule has 1 aliphatic heterocycles. The van der Waals surface area contributed by atoms with Crippen LogP contribution >= 0.6 is 0 Å². The van der Waals surface area contributed by atoms with E-state index in [9.17, 15) is 0 Å². The maximum atomic E-state index is 4.04. The normalized spacial score (nSPS) is 19.1. The van der Waals surface area contributed by atoms with E-state index in [1.165, 1.54) is 32.5 Å². The van der Waals surface area contributed by atoms with Gasteiger partial charge in [-0.2, -0.15) is 0 Å². The zero-order valence-corrected chi connectivity index (χ0v) is 10.1. The first-order valence-electron chi connectivity index (χ1n) is 6.30. The molecule has 0 unspecified atom stereocenters. The van der Waals surface area contributed by atoms with Gasteiger partial charge in [0.2, 0.25) is 0 Å². The number of rotatable bonds is 5. The molecule has 16 heavy (non-hydrogen) atoms. The van der Waals surface area contributed by atoms with Gasteiger partial charge in [0.1, 0.15) is 0 Å². The van der Waals surface area contributed by atoms with Gasteiger partial charge < -0.3 is 14.8 Å². The molecule has 0 aromatic carbocycles. The van der Waals surface area contributed by atoms with Crippen LogP contribution in [0.2, 0.25) is 0 Å². The number of hydrogen-bond acceptors (Lipinski definition) is 3. The van der Waals surface area contributed by atoms with E-state index < -0.39 is 0 Å². The molecule has 1 N–H and O–H groups in total. The van der Waals surface area contributed by atoms with E-state index in [4.69, 9.17) is 0 Å². The molecule has 1 aromatic heterocycles. The lowest BCUT2D eigenvalue weighted by molar-refractivity contribution is 0.206. The topological polar surface area (TPSA) is 33.1 Å². The molecule has 1 aliphatic rings. The Hall–Kier alpha value is -0.870. The molecule has 2 rings (SSSR count). The molecule has 1 saturated heterocycles. The van der Waals surface area contributed by atoms with Crippen molar-refractivity contribution in [3.63, 3.8) is 0 Å². The highest BCUT2D eigenvalue weighted by molar-refractivity contribution is 4.78. The number of aromatic nitrogens is 2. The lowest BCUT2D eigenvalue weighted by Crippen LogP contribution is -2.43. The van der Waals surface area contributed by atoms with E-state index in [2.05, 4.69) is 26.7 Å². The second-order valence-corrected chi connectivity index (χ2v) is 4.46. The maximum Gasteiger partial charge on any atom is 0.0946 e. The Labute approximate surface area is 97.7 Å². The van der Waals surface area contributed by atoms with Gasteiger partial charge in [-0.3, -0.25) is 0 Å². The van der Waals surface area contributed by atoms with Crippen molar-refractivity contribution in [2.45, 2.75) is 32.4 Å². The van der Waals surface area contributed by atoms with Crippen LogP contribution in [0.25, 0.3) is 0 Å². The Morgan fingerprint density at radius 1 is 1.38 bits per heavy atom. The second-order valence-electron chi connectivity index (χ2n) is 4.46. The van der Waals surface area contributed by atoms with E-state index in [0.717, 1.165) is 13.1 Å². The number of nitrogens with one attached hydrogen (secondary N) is 1. The lowest BCUT2D eigenvalue weighted by Gasteiger charge is -2.31. The monoisotopic (exact) mass is 222 g/mol. The molecule has 0 radical (unpaired) electrons. The summed E-state index contributed by atoms with van der Waals surface area (Å²) < 4.78 is 2.12. The molecule has 0 saturated carbocycles. The Kier molecular flexibility index (Phi) is 4.36. The number of imidazole rings is 1. The van der Waals surface area contributed by atoms with Crippen LogP contribution in [0.5, 0.6) is 0 Å². The van der Waals surface area contributed by atoms with Crippen LogP contribution in [0.1, 0.15) is 19.8 Å². The molecule has 2 heterocycles. The number of piperidine rings is 1. The van der Waals surface area contributed by atoms with Crippen LogP contribution < -0.4 is 5.32 Å². The van der Waals surface area contributed by atoms with E-state index in [1.807, 2.05) is 18.7 Å². The summed E-state index contributed by atoms with van der Waals surface area (Å²) in [6.45, 7) is 8.01. The van der Waals surface area contributed by atoms with Crippen molar-refractivity contribution in [1.82, 2.24) is 19.8 Å². The summed E-state index contributed by atoms with van der Waals surface area (Å²) in [5.74, 6) is 0. The second kappa shape index (κ2) is 6.01. The Morgan fingerprint density at radius 2 is 2.19 bits per heavy atom. The number of hydrogen-bond donors (Lipinski definition) is 1. The third-order valence-electron chi connectivity index (χ3n) is 3.40. The predicted molar refractivity (Wildman–Crippen MR) is 65.4 cm³/mol. The highest BCUT2D eigenvalue weighted by Gasteiger charge is 2.16.